The minimum Gasteiger partial charge on any atom is -0.496 e. The number of carbonyl (C=O) groups excluding carboxylic acids is 1. The fraction of sp³-hybridized carbons (Fsp3) is 0.500. The average molecular weight is 307 g/mol. The number of carboxylic acids is 1. The van der Waals surface area contributed by atoms with Crippen molar-refractivity contribution in [1.29, 1.82) is 0 Å². The van der Waals surface area contributed by atoms with Gasteiger partial charge in [-0.2, -0.15) is 0 Å². The van der Waals surface area contributed by atoms with Gasteiger partial charge in [0.15, 0.2) is 0 Å². The van der Waals surface area contributed by atoms with Crippen LogP contribution in [0.25, 0.3) is 0 Å². The number of amides is 1. The molecule has 0 saturated heterocycles. The zero-order valence-electron chi connectivity index (χ0n) is 12.8. The highest BCUT2D eigenvalue weighted by Gasteiger charge is 2.30. The summed E-state index contributed by atoms with van der Waals surface area (Å²) in [5, 5.41) is 11.9. The molecule has 1 aliphatic rings. The zero-order valence-corrected chi connectivity index (χ0v) is 12.8. The Bertz CT molecular complexity index is 535. The van der Waals surface area contributed by atoms with Crippen LogP contribution in [-0.4, -0.2) is 37.2 Å². The number of carbonyl (C=O) groups is 2. The molecular formula is C16H21NO5. The van der Waals surface area contributed by atoms with Gasteiger partial charge in [0.05, 0.1) is 26.6 Å². The van der Waals surface area contributed by atoms with Crippen molar-refractivity contribution in [1.82, 2.24) is 5.32 Å². The van der Waals surface area contributed by atoms with Crippen LogP contribution in [0.4, 0.5) is 0 Å². The number of benzene rings is 1. The summed E-state index contributed by atoms with van der Waals surface area (Å²) >= 11 is 0. The first-order valence-corrected chi connectivity index (χ1v) is 7.27. The number of hydrogen-bond acceptors (Lipinski definition) is 4. The van der Waals surface area contributed by atoms with Crippen molar-refractivity contribution in [2.45, 2.75) is 31.7 Å². The van der Waals surface area contributed by atoms with Gasteiger partial charge in [0.25, 0.3) is 0 Å². The van der Waals surface area contributed by atoms with Crippen LogP contribution >= 0.6 is 0 Å². The van der Waals surface area contributed by atoms with Crippen LogP contribution in [0.5, 0.6) is 11.5 Å². The molecule has 0 spiro atoms. The molecule has 1 saturated carbocycles. The molecule has 1 aliphatic carbocycles. The molecule has 1 aromatic carbocycles. The summed E-state index contributed by atoms with van der Waals surface area (Å²) in [5.74, 6) is -0.0956. The molecule has 0 radical (unpaired) electrons. The average Bonchev–Trinajstić information content (AvgIpc) is 2.96. The summed E-state index contributed by atoms with van der Waals surface area (Å²) in [7, 11) is 3.09. The van der Waals surface area contributed by atoms with Crippen LogP contribution in [0.15, 0.2) is 18.2 Å². The first kappa shape index (κ1) is 16.1. The third-order valence-corrected chi connectivity index (χ3v) is 4.01. The van der Waals surface area contributed by atoms with Crippen LogP contribution in [-0.2, 0) is 16.0 Å². The number of aliphatic carboxylic acids is 1. The van der Waals surface area contributed by atoms with Crippen LogP contribution in [0, 0.1) is 5.92 Å². The van der Waals surface area contributed by atoms with E-state index in [4.69, 9.17) is 14.6 Å². The van der Waals surface area contributed by atoms with Crippen molar-refractivity contribution >= 4 is 11.9 Å². The second-order valence-corrected chi connectivity index (χ2v) is 5.43. The van der Waals surface area contributed by atoms with E-state index in [0.29, 0.717) is 36.3 Å². The molecule has 2 rings (SSSR count). The number of nitrogens with one attached hydrogen (secondary N) is 1. The summed E-state index contributed by atoms with van der Waals surface area (Å²) in [6, 6.07) is 5.28. The molecule has 0 aromatic heterocycles. The smallest absolute Gasteiger partial charge is 0.306 e. The summed E-state index contributed by atoms with van der Waals surface area (Å²) in [4.78, 5) is 23.2. The van der Waals surface area contributed by atoms with E-state index in [1.165, 1.54) is 0 Å². The van der Waals surface area contributed by atoms with Gasteiger partial charge >= 0.3 is 5.97 Å². The van der Waals surface area contributed by atoms with Crippen LogP contribution in [0.2, 0.25) is 0 Å². The maximum Gasteiger partial charge on any atom is 0.306 e. The molecule has 0 aliphatic heterocycles. The van der Waals surface area contributed by atoms with E-state index in [0.717, 1.165) is 0 Å². The van der Waals surface area contributed by atoms with Crippen LogP contribution in [0.1, 0.15) is 24.8 Å². The molecule has 1 fully saturated rings. The monoisotopic (exact) mass is 307 g/mol. The lowest BCUT2D eigenvalue weighted by Gasteiger charge is -2.15. The number of rotatable bonds is 6. The SMILES string of the molecule is COc1cccc(OC)c1CC(=O)N[C@H]1CC[C@@H](C(=O)O)C1. The van der Waals surface area contributed by atoms with E-state index < -0.39 is 5.97 Å². The first-order chi connectivity index (χ1) is 10.5. The van der Waals surface area contributed by atoms with E-state index >= 15 is 0 Å². The van der Waals surface area contributed by atoms with E-state index in [2.05, 4.69) is 5.32 Å². The molecule has 0 heterocycles. The lowest BCUT2D eigenvalue weighted by atomic mass is 10.1. The largest absolute Gasteiger partial charge is 0.496 e. The molecule has 0 bridgehead atoms. The van der Waals surface area contributed by atoms with Gasteiger partial charge in [0.2, 0.25) is 5.91 Å². The van der Waals surface area contributed by atoms with Gasteiger partial charge in [0.1, 0.15) is 11.5 Å². The molecule has 1 amide bonds. The van der Waals surface area contributed by atoms with Crippen LogP contribution < -0.4 is 14.8 Å². The minimum atomic E-state index is -0.789. The Hall–Kier alpha value is -2.24. The van der Waals surface area contributed by atoms with E-state index in [9.17, 15) is 9.59 Å². The summed E-state index contributed by atoms with van der Waals surface area (Å²) in [6.07, 6.45) is 1.94. The van der Waals surface area contributed by atoms with Gasteiger partial charge in [0, 0.05) is 11.6 Å². The Labute approximate surface area is 129 Å². The van der Waals surface area contributed by atoms with Crippen molar-refractivity contribution in [3.63, 3.8) is 0 Å². The fourth-order valence-electron chi connectivity index (χ4n) is 2.88. The highest BCUT2D eigenvalue weighted by Crippen LogP contribution is 2.29. The summed E-state index contributed by atoms with van der Waals surface area (Å²) < 4.78 is 10.5. The molecule has 22 heavy (non-hydrogen) atoms. The first-order valence-electron chi connectivity index (χ1n) is 7.27. The Morgan fingerprint density at radius 2 is 1.86 bits per heavy atom. The fourth-order valence-corrected chi connectivity index (χ4v) is 2.88. The lowest BCUT2D eigenvalue weighted by Crippen LogP contribution is -2.34. The van der Waals surface area contributed by atoms with Gasteiger partial charge in [-0.05, 0) is 31.4 Å². The summed E-state index contributed by atoms with van der Waals surface area (Å²) in [6.45, 7) is 0. The van der Waals surface area contributed by atoms with Crippen molar-refractivity contribution < 1.29 is 24.2 Å². The second-order valence-electron chi connectivity index (χ2n) is 5.43. The Kier molecular flexibility index (Phi) is 5.25. The third kappa shape index (κ3) is 3.69. The minimum absolute atomic E-state index is 0.0747. The maximum absolute atomic E-state index is 12.2. The summed E-state index contributed by atoms with van der Waals surface area (Å²) in [5.41, 5.74) is 0.692. The van der Waals surface area contributed by atoms with E-state index in [1.807, 2.05) is 0 Å². The standard InChI is InChI=1S/C16H21NO5/c1-21-13-4-3-5-14(22-2)12(13)9-15(18)17-11-7-6-10(8-11)16(19)20/h3-5,10-11H,6-9H2,1-2H3,(H,17,18)(H,19,20)/t10-,11+/m1/s1. The second kappa shape index (κ2) is 7.15. The van der Waals surface area contributed by atoms with Gasteiger partial charge in [-0.15, -0.1) is 0 Å². The van der Waals surface area contributed by atoms with Gasteiger partial charge in [-0.3, -0.25) is 9.59 Å². The molecule has 120 valence electrons. The van der Waals surface area contributed by atoms with Crippen LogP contribution in [0.3, 0.4) is 0 Å². The highest BCUT2D eigenvalue weighted by atomic mass is 16.5. The van der Waals surface area contributed by atoms with E-state index in [-0.39, 0.29) is 24.3 Å². The van der Waals surface area contributed by atoms with E-state index in [1.54, 1.807) is 32.4 Å². The quantitative estimate of drug-likeness (QED) is 0.834. The van der Waals surface area contributed by atoms with Crippen molar-refractivity contribution in [2.75, 3.05) is 14.2 Å². The molecule has 6 heteroatoms. The maximum atomic E-state index is 12.2. The number of ether oxygens (including phenoxy) is 2. The zero-order chi connectivity index (χ0) is 16.1. The van der Waals surface area contributed by atoms with Crippen molar-refractivity contribution in [3.8, 4) is 11.5 Å². The normalized spacial score (nSPS) is 20.5. The number of hydrogen-bond donors (Lipinski definition) is 2. The molecule has 1 aromatic rings. The highest BCUT2D eigenvalue weighted by molar-refractivity contribution is 5.81. The predicted octanol–water partition coefficient (Wildman–Crippen LogP) is 1.62. The topological polar surface area (TPSA) is 84.9 Å². The van der Waals surface area contributed by atoms with Crippen molar-refractivity contribution in [2.24, 2.45) is 5.92 Å². The van der Waals surface area contributed by atoms with Gasteiger partial charge in [-0.1, -0.05) is 6.07 Å². The lowest BCUT2D eigenvalue weighted by molar-refractivity contribution is -0.141. The molecule has 0 unspecified atom stereocenters. The van der Waals surface area contributed by atoms with Gasteiger partial charge in [-0.25, -0.2) is 0 Å². The molecule has 2 atom stereocenters. The van der Waals surface area contributed by atoms with Gasteiger partial charge < -0.3 is 19.9 Å². The molecule has 6 nitrogen and oxygen atoms in total. The predicted molar refractivity (Wildman–Crippen MR) is 80.2 cm³/mol. The Morgan fingerprint density at radius 3 is 2.36 bits per heavy atom. The number of carboxylic acid groups (broad SMARTS) is 1. The third-order valence-electron chi connectivity index (χ3n) is 4.01. The molecule has 2 N–H and O–H groups in total. The van der Waals surface area contributed by atoms with Crippen molar-refractivity contribution in [3.05, 3.63) is 23.8 Å². The number of methoxy groups -OCH3 is 2. The molecular weight excluding hydrogens is 286 g/mol. The Morgan fingerprint density at radius 1 is 1.23 bits per heavy atom. The Balaban J connectivity index is 2.00.